The predicted octanol–water partition coefficient (Wildman–Crippen LogP) is 1.63. The lowest BCUT2D eigenvalue weighted by Crippen LogP contribution is -2.03. The molecule has 52 valence electrons. The first kappa shape index (κ1) is 8.56. The van der Waals surface area contributed by atoms with Gasteiger partial charge in [-0.05, 0) is 6.42 Å². The van der Waals surface area contributed by atoms with Gasteiger partial charge in [0.25, 0.3) is 0 Å². The van der Waals surface area contributed by atoms with E-state index in [0.717, 1.165) is 12.8 Å². The lowest BCUT2D eigenvalue weighted by molar-refractivity contribution is -0.135. The zero-order valence-electron chi connectivity index (χ0n) is 5.39. The van der Waals surface area contributed by atoms with Crippen molar-refractivity contribution in [2.45, 2.75) is 26.2 Å². The van der Waals surface area contributed by atoms with E-state index in [9.17, 15) is 4.79 Å². The van der Waals surface area contributed by atoms with Crippen LogP contribution >= 0.6 is 12.2 Å². The van der Waals surface area contributed by atoms with Crippen molar-refractivity contribution in [3.63, 3.8) is 0 Å². The van der Waals surface area contributed by atoms with Crippen molar-refractivity contribution in [1.29, 1.82) is 0 Å². The van der Waals surface area contributed by atoms with Crippen LogP contribution in [0.25, 0.3) is 0 Å². The zero-order valence-corrected chi connectivity index (χ0v) is 6.20. The minimum absolute atomic E-state index is 0.0448. The topological polar surface area (TPSA) is 37.3 Å². The second-order valence-electron chi connectivity index (χ2n) is 1.86. The Morgan fingerprint density at radius 1 is 1.67 bits per heavy atom. The molecule has 9 heavy (non-hydrogen) atoms. The minimum Gasteiger partial charge on any atom is -0.481 e. The molecule has 0 aromatic rings. The van der Waals surface area contributed by atoms with E-state index in [-0.39, 0.29) is 6.42 Å². The summed E-state index contributed by atoms with van der Waals surface area (Å²) in [5.74, 6) is -0.826. The molecule has 0 amide bonds. The lowest BCUT2D eigenvalue weighted by Gasteiger charge is -1.94. The first-order chi connectivity index (χ1) is 4.16. The van der Waals surface area contributed by atoms with Crippen LogP contribution in [-0.2, 0) is 4.79 Å². The Kier molecular flexibility index (Phi) is 4.22. The summed E-state index contributed by atoms with van der Waals surface area (Å²) >= 11 is 4.75. The van der Waals surface area contributed by atoms with Crippen LogP contribution < -0.4 is 0 Å². The van der Waals surface area contributed by atoms with Crippen molar-refractivity contribution in [3.05, 3.63) is 0 Å². The first-order valence-corrected chi connectivity index (χ1v) is 3.31. The molecule has 2 nitrogen and oxygen atoms in total. The highest BCUT2D eigenvalue weighted by Gasteiger charge is 2.00. The van der Waals surface area contributed by atoms with Crippen LogP contribution in [0.5, 0.6) is 0 Å². The maximum Gasteiger partial charge on any atom is 0.308 e. The number of rotatable bonds is 4. The van der Waals surface area contributed by atoms with Crippen molar-refractivity contribution in [2.75, 3.05) is 0 Å². The van der Waals surface area contributed by atoms with Gasteiger partial charge in [-0.15, -0.1) is 0 Å². The van der Waals surface area contributed by atoms with Crippen molar-refractivity contribution >= 4 is 23.1 Å². The second-order valence-corrected chi connectivity index (χ2v) is 2.44. The Hall–Kier alpha value is -0.440. The molecular formula is C6H10O2S. The van der Waals surface area contributed by atoms with Crippen molar-refractivity contribution in [3.8, 4) is 0 Å². The summed E-state index contributed by atoms with van der Waals surface area (Å²) in [5.41, 5.74) is 0. The van der Waals surface area contributed by atoms with Crippen LogP contribution in [0.1, 0.15) is 26.2 Å². The molecular weight excluding hydrogens is 136 g/mol. The van der Waals surface area contributed by atoms with Crippen LogP contribution in [0, 0.1) is 0 Å². The summed E-state index contributed by atoms with van der Waals surface area (Å²) in [7, 11) is 0. The molecule has 0 fully saturated rings. The third kappa shape index (κ3) is 5.43. The fraction of sp³-hybridized carbons (Fsp3) is 0.667. The highest BCUT2D eigenvalue weighted by molar-refractivity contribution is 7.80. The third-order valence-corrected chi connectivity index (χ3v) is 1.23. The summed E-state index contributed by atoms with van der Waals surface area (Å²) in [6, 6.07) is 0. The van der Waals surface area contributed by atoms with Crippen molar-refractivity contribution in [1.82, 2.24) is 0 Å². The molecule has 0 radical (unpaired) electrons. The maximum atomic E-state index is 10.00. The zero-order chi connectivity index (χ0) is 7.28. The Morgan fingerprint density at radius 2 is 2.22 bits per heavy atom. The largest absolute Gasteiger partial charge is 0.481 e. The van der Waals surface area contributed by atoms with Gasteiger partial charge < -0.3 is 5.11 Å². The van der Waals surface area contributed by atoms with E-state index >= 15 is 0 Å². The fourth-order valence-electron chi connectivity index (χ4n) is 0.536. The second kappa shape index (κ2) is 4.44. The summed E-state index contributed by atoms with van der Waals surface area (Å²) in [4.78, 5) is 10.6. The van der Waals surface area contributed by atoms with Crippen LogP contribution in [-0.4, -0.2) is 15.9 Å². The van der Waals surface area contributed by atoms with E-state index in [1.165, 1.54) is 0 Å². The molecule has 0 rings (SSSR count). The SMILES string of the molecule is CCCC(=S)CC(=O)O. The molecule has 0 aliphatic carbocycles. The molecule has 0 aromatic heterocycles. The summed E-state index contributed by atoms with van der Waals surface area (Å²) < 4.78 is 0. The van der Waals surface area contributed by atoms with E-state index in [1.54, 1.807) is 0 Å². The smallest absolute Gasteiger partial charge is 0.308 e. The molecule has 0 aliphatic heterocycles. The van der Waals surface area contributed by atoms with Gasteiger partial charge in [-0.2, -0.15) is 0 Å². The number of aliphatic carboxylic acids is 1. The molecule has 0 bridgehead atoms. The summed E-state index contributed by atoms with van der Waals surface area (Å²) in [5, 5.41) is 8.22. The van der Waals surface area contributed by atoms with E-state index < -0.39 is 5.97 Å². The van der Waals surface area contributed by atoms with E-state index in [1.807, 2.05) is 6.92 Å². The quantitative estimate of drug-likeness (QED) is 0.612. The van der Waals surface area contributed by atoms with Crippen LogP contribution in [0.3, 0.4) is 0 Å². The molecule has 0 saturated heterocycles. The number of thiocarbonyl (C=S) groups is 1. The monoisotopic (exact) mass is 146 g/mol. The Morgan fingerprint density at radius 3 is 2.56 bits per heavy atom. The number of carboxylic acid groups (broad SMARTS) is 1. The van der Waals surface area contributed by atoms with Crippen LogP contribution in [0.4, 0.5) is 0 Å². The van der Waals surface area contributed by atoms with Gasteiger partial charge in [-0.1, -0.05) is 25.6 Å². The average molecular weight is 146 g/mol. The average Bonchev–Trinajstić information content (AvgIpc) is 1.63. The molecule has 0 atom stereocenters. The molecule has 0 aliphatic rings. The highest BCUT2D eigenvalue weighted by atomic mass is 32.1. The van der Waals surface area contributed by atoms with Crippen molar-refractivity contribution < 1.29 is 9.90 Å². The molecule has 0 heterocycles. The highest BCUT2D eigenvalue weighted by Crippen LogP contribution is 1.96. The number of hydrogen-bond donors (Lipinski definition) is 1. The molecule has 1 N–H and O–H groups in total. The van der Waals surface area contributed by atoms with Crippen molar-refractivity contribution in [2.24, 2.45) is 0 Å². The molecule has 0 unspecified atom stereocenters. The van der Waals surface area contributed by atoms with E-state index in [4.69, 9.17) is 17.3 Å². The normalized spacial score (nSPS) is 9.00. The van der Waals surface area contributed by atoms with Gasteiger partial charge >= 0.3 is 5.97 Å². The number of carboxylic acids is 1. The predicted molar refractivity (Wildman–Crippen MR) is 39.8 cm³/mol. The molecule has 0 saturated carbocycles. The van der Waals surface area contributed by atoms with Crippen LogP contribution in [0.15, 0.2) is 0 Å². The number of hydrogen-bond acceptors (Lipinski definition) is 2. The van der Waals surface area contributed by atoms with Gasteiger partial charge in [-0.3, -0.25) is 4.79 Å². The van der Waals surface area contributed by atoms with E-state index in [0.29, 0.717) is 4.86 Å². The standard InChI is InChI=1S/C6H10O2S/c1-2-3-5(9)4-6(7)8/h2-4H2,1H3,(H,7,8). The third-order valence-electron chi connectivity index (χ3n) is 0.877. The Bertz CT molecular complexity index is 120. The summed E-state index contributed by atoms with van der Waals surface area (Å²) in [6.45, 7) is 1.98. The Labute approximate surface area is 59.9 Å². The Balaban J connectivity index is 3.39. The molecule has 0 spiro atoms. The minimum atomic E-state index is -0.826. The van der Waals surface area contributed by atoms with Gasteiger partial charge in [0.1, 0.15) is 0 Å². The van der Waals surface area contributed by atoms with Gasteiger partial charge in [0, 0.05) is 4.86 Å². The molecule has 0 aromatic carbocycles. The van der Waals surface area contributed by atoms with Crippen LogP contribution in [0.2, 0.25) is 0 Å². The lowest BCUT2D eigenvalue weighted by atomic mass is 10.2. The van der Waals surface area contributed by atoms with E-state index in [2.05, 4.69) is 0 Å². The van der Waals surface area contributed by atoms with Gasteiger partial charge in [-0.25, -0.2) is 0 Å². The fourth-order valence-corrected chi connectivity index (χ4v) is 0.863. The molecule has 3 heteroatoms. The number of carbonyl (C=O) groups is 1. The van der Waals surface area contributed by atoms with Gasteiger partial charge in [0.05, 0.1) is 6.42 Å². The van der Waals surface area contributed by atoms with Gasteiger partial charge in [0.15, 0.2) is 0 Å². The first-order valence-electron chi connectivity index (χ1n) is 2.90. The van der Waals surface area contributed by atoms with Gasteiger partial charge in [0.2, 0.25) is 0 Å². The summed E-state index contributed by atoms with van der Waals surface area (Å²) in [6.07, 6.45) is 1.73. The maximum absolute atomic E-state index is 10.00.